The highest BCUT2D eigenvalue weighted by molar-refractivity contribution is 7.89. The fraction of sp³-hybridized carbons (Fsp3) is 0.133. The first-order valence-electron chi connectivity index (χ1n) is 11.8. The van der Waals surface area contributed by atoms with E-state index in [1.165, 1.54) is 5.56 Å². The van der Waals surface area contributed by atoms with Gasteiger partial charge in [0.15, 0.2) is 0 Å². The number of aromatic amines is 1. The fourth-order valence-electron chi connectivity index (χ4n) is 5.30. The van der Waals surface area contributed by atoms with Crippen molar-refractivity contribution >= 4 is 20.9 Å². The maximum atomic E-state index is 14.2. The van der Waals surface area contributed by atoms with Gasteiger partial charge >= 0.3 is 0 Å². The van der Waals surface area contributed by atoms with E-state index in [-0.39, 0.29) is 5.92 Å². The van der Waals surface area contributed by atoms with Crippen LogP contribution in [0.25, 0.3) is 10.9 Å². The molecule has 0 radical (unpaired) electrons. The summed E-state index contributed by atoms with van der Waals surface area (Å²) in [4.78, 5) is 3.94. The van der Waals surface area contributed by atoms with Gasteiger partial charge in [0.2, 0.25) is 10.0 Å². The number of sulfonamides is 1. The lowest BCUT2D eigenvalue weighted by Gasteiger charge is -2.39. The average Bonchev–Trinajstić information content (AvgIpc) is 3.28. The molecule has 35 heavy (non-hydrogen) atoms. The summed E-state index contributed by atoms with van der Waals surface area (Å²) in [6.45, 7) is 2.32. The van der Waals surface area contributed by atoms with Gasteiger partial charge in [0, 0.05) is 29.1 Å². The van der Waals surface area contributed by atoms with Crippen molar-refractivity contribution in [1.82, 2.24) is 9.29 Å². The molecule has 5 aromatic rings. The lowest BCUT2D eigenvalue weighted by molar-refractivity contribution is 0.324. The Labute approximate surface area is 205 Å². The summed E-state index contributed by atoms with van der Waals surface area (Å²) in [6.07, 6.45) is 0. The molecule has 2 atom stereocenters. The Morgan fingerprint density at radius 1 is 0.743 bits per heavy atom. The van der Waals surface area contributed by atoms with Crippen molar-refractivity contribution in [2.75, 3.05) is 6.54 Å². The normalized spacial score (nSPS) is 18.4. The van der Waals surface area contributed by atoms with Crippen LogP contribution in [-0.2, 0) is 10.0 Å². The number of H-pyrrole nitrogens is 1. The zero-order valence-corrected chi connectivity index (χ0v) is 20.2. The smallest absolute Gasteiger partial charge is 0.244 e. The van der Waals surface area contributed by atoms with Gasteiger partial charge in [-0.25, -0.2) is 8.42 Å². The van der Waals surface area contributed by atoms with Gasteiger partial charge in [-0.15, -0.1) is 0 Å². The van der Waals surface area contributed by atoms with Gasteiger partial charge in [-0.1, -0.05) is 96.6 Å². The van der Waals surface area contributed by atoms with Crippen LogP contribution in [0.4, 0.5) is 0 Å². The predicted octanol–water partition coefficient (Wildman–Crippen LogP) is 6.40. The lowest BCUT2D eigenvalue weighted by Crippen LogP contribution is -2.42. The van der Waals surface area contributed by atoms with Gasteiger partial charge in [0.05, 0.1) is 10.9 Å². The van der Waals surface area contributed by atoms with Crippen molar-refractivity contribution in [3.8, 4) is 0 Å². The molecule has 5 heteroatoms. The summed E-state index contributed by atoms with van der Waals surface area (Å²) in [7, 11) is -3.78. The van der Waals surface area contributed by atoms with Crippen molar-refractivity contribution in [3.63, 3.8) is 0 Å². The standard InChI is InChI=1S/C30H26N2O2S/c1-21-16-18-24(19-17-21)35(33,34)32-20-26(22-10-4-2-5-11-22)28-25-14-8-9-15-27(25)31-29(28)30(32)23-12-6-3-7-13-23/h2-19,26,30-31H,20H2,1H3/t26-,30-/m0/s1. The minimum atomic E-state index is -3.78. The highest BCUT2D eigenvalue weighted by Gasteiger charge is 2.43. The van der Waals surface area contributed by atoms with Crippen molar-refractivity contribution in [2.45, 2.75) is 23.8 Å². The van der Waals surface area contributed by atoms with Crippen LogP contribution in [0.15, 0.2) is 114 Å². The molecule has 0 spiro atoms. The van der Waals surface area contributed by atoms with E-state index < -0.39 is 16.1 Å². The first kappa shape index (κ1) is 21.8. The lowest BCUT2D eigenvalue weighted by atomic mass is 9.83. The molecular formula is C30H26N2O2S. The Kier molecular flexibility index (Phi) is 5.32. The number of fused-ring (bicyclic) bond motifs is 3. The molecule has 0 aliphatic carbocycles. The molecule has 1 aliphatic rings. The Hall–Kier alpha value is -3.67. The van der Waals surface area contributed by atoms with Gasteiger partial charge in [-0.05, 0) is 41.8 Å². The first-order valence-corrected chi connectivity index (χ1v) is 13.3. The van der Waals surface area contributed by atoms with Crippen LogP contribution in [0, 0.1) is 6.92 Å². The highest BCUT2D eigenvalue weighted by Crippen LogP contribution is 2.47. The van der Waals surface area contributed by atoms with Crippen molar-refractivity contribution in [1.29, 1.82) is 0 Å². The van der Waals surface area contributed by atoms with E-state index >= 15 is 0 Å². The van der Waals surface area contributed by atoms with Gasteiger partial charge < -0.3 is 4.98 Å². The molecule has 1 aromatic heterocycles. The molecule has 6 rings (SSSR count). The summed E-state index contributed by atoms with van der Waals surface area (Å²) in [5, 5.41) is 1.14. The second-order valence-electron chi connectivity index (χ2n) is 9.16. The topological polar surface area (TPSA) is 53.2 Å². The number of hydrogen-bond acceptors (Lipinski definition) is 2. The third-order valence-corrected chi connectivity index (χ3v) is 8.84. The Morgan fingerprint density at radius 3 is 2.03 bits per heavy atom. The number of para-hydroxylation sites is 1. The van der Waals surface area contributed by atoms with Crippen LogP contribution in [0.1, 0.15) is 39.9 Å². The molecule has 0 unspecified atom stereocenters. The molecule has 2 heterocycles. The number of hydrogen-bond donors (Lipinski definition) is 1. The van der Waals surface area contributed by atoms with Crippen LogP contribution < -0.4 is 0 Å². The van der Waals surface area contributed by atoms with E-state index in [0.717, 1.165) is 33.3 Å². The zero-order chi connectivity index (χ0) is 24.0. The maximum absolute atomic E-state index is 14.2. The van der Waals surface area contributed by atoms with Crippen LogP contribution >= 0.6 is 0 Å². The van der Waals surface area contributed by atoms with Gasteiger partial charge in [-0.3, -0.25) is 0 Å². The van der Waals surface area contributed by atoms with Crippen molar-refractivity contribution < 1.29 is 8.42 Å². The van der Waals surface area contributed by atoms with Crippen LogP contribution in [0.3, 0.4) is 0 Å². The summed E-state index contributed by atoms with van der Waals surface area (Å²) in [5.74, 6) is -0.0949. The Bertz CT molecular complexity index is 1590. The van der Waals surface area contributed by atoms with E-state index in [1.807, 2.05) is 79.7 Å². The molecule has 1 N–H and O–H groups in total. The molecule has 0 fully saturated rings. The third-order valence-electron chi connectivity index (χ3n) is 6.99. The number of nitrogens with zero attached hydrogens (tertiary/aromatic N) is 1. The van der Waals surface area contributed by atoms with Crippen LogP contribution in [-0.4, -0.2) is 24.3 Å². The minimum Gasteiger partial charge on any atom is -0.357 e. The number of aromatic nitrogens is 1. The average molecular weight is 479 g/mol. The summed E-state index contributed by atoms with van der Waals surface area (Å²) >= 11 is 0. The van der Waals surface area contributed by atoms with Crippen LogP contribution in [0.2, 0.25) is 0 Å². The molecule has 0 saturated heterocycles. The molecular weight excluding hydrogens is 452 g/mol. The molecule has 0 bridgehead atoms. The molecule has 0 saturated carbocycles. The van der Waals surface area contributed by atoms with E-state index in [0.29, 0.717) is 11.4 Å². The summed E-state index contributed by atoms with van der Waals surface area (Å²) in [6, 6.07) is 35.1. The summed E-state index contributed by atoms with van der Waals surface area (Å²) < 4.78 is 30.1. The van der Waals surface area contributed by atoms with E-state index in [4.69, 9.17) is 0 Å². The Balaban J connectivity index is 1.63. The molecule has 0 amide bonds. The predicted molar refractivity (Wildman–Crippen MR) is 140 cm³/mol. The second-order valence-corrected chi connectivity index (χ2v) is 11.1. The van der Waals surface area contributed by atoms with Gasteiger partial charge in [0.25, 0.3) is 0 Å². The monoisotopic (exact) mass is 478 g/mol. The quantitative estimate of drug-likeness (QED) is 0.325. The van der Waals surface area contributed by atoms with E-state index in [1.54, 1.807) is 16.4 Å². The van der Waals surface area contributed by atoms with E-state index in [2.05, 4.69) is 29.2 Å². The third kappa shape index (κ3) is 3.68. The van der Waals surface area contributed by atoms with Crippen molar-refractivity contribution in [2.24, 2.45) is 0 Å². The summed E-state index contributed by atoms with van der Waals surface area (Å²) in [5.41, 5.74) is 6.22. The van der Waals surface area contributed by atoms with Gasteiger partial charge in [0.1, 0.15) is 0 Å². The largest absolute Gasteiger partial charge is 0.357 e. The van der Waals surface area contributed by atoms with Crippen LogP contribution in [0.5, 0.6) is 0 Å². The molecule has 174 valence electrons. The van der Waals surface area contributed by atoms with Gasteiger partial charge in [-0.2, -0.15) is 4.31 Å². The first-order chi connectivity index (χ1) is 17.0. The number of benzene rings is 4. The highest BCUT2D eigenvalue weighted by atomic mass is 32.2. The number of rotatable bonds is 4. The molecule has 1 aliphatic heterocycles. The maximum Gasteiger partial charge on any atom is 0.244 e. The second kappa shape index (κ2) is 8.52. The molecule has 4 nitrogen and oxygen atoms in total. The molecule has 4 aromatic carbocycles. The fourth-order valence-corrected chi connectivity index (χ4v) is 6.91. The number of aryl methyl sites for hydroxylation is 1. The van der Waals surface area contributed by atoms with Crippen molar-refractivity contribution in [3.05, 3.63) is 137 Å². The Morgan fingerprint density at radius 2 is 1.34 bits per heavy atom. The number of nitrogens with one attached hydrogen (secondary N) is 1. The minimum absolute atomic E-state index is 0.0949. The van der Waals surface area contributed by atoms with E-state index in [9.17, 15) is 8.42 Å². The zero-order valence-electron chi connectivity index (χ0n) is 19.4. The SMILES string of the molecule is Cc1ccc(S(=O)(=O)N2C[C@@H](c3ccccc3)c3c([nH]c4ccccc34)[C@@H]2c2ccccc2)cc1.